The third-order valence-corrected chi connectivity index (χ3v) is 2.09. The molecule has 0 saturated heterocycles. The van der Waals surface area contributed by atoms with Crippen molar-refractivity contribution in [3.8, 4) is 5.75 Å². The van der Waals surface area contributed by atoms with E-state index >= 15 is 0 Å². The average molecular weight is 180 g/mol. The molecule has 1 rings (SSSR count). The predicted octanol–water partition coefficient (Wildman–Crippen LogP) is 2.61. The smallest absolute Gasteiger partial charge is 0.127 e. The number of hydrogen-bond donors (Lipinski definition) is 0. The maximum atomic E-state index is 5.18. The second kappa shape index (κ2) is 4.21. The molecule has 0 spiro atoms. The Morgan fingerprint density at radius 2 is 2.25 bits per heavy atom. The third-order valence-electron chi connectivity index (χ3n) is 1.83. The second-order valence-electron chi connectivity index (χ2n) is 2.55. The molecule has 12 heavy (non-hydrogen) atoms. The molecule has 0 fully saturated rings. The summed E-state index contributed by atoms with van der Waals surface area (Å²) in [5.74, 6) is 0.865. The van der Waals surface area contributed by atoms with E-state index in [9.17, 15) is 0 Å². The Morgan fingerprint density at radius 3 is 2.75 bits per heavy atom. The van der Waals surface area contributed by atoms with Crippen LogP contribution in [0.15, 0.2) is 18.2 Å². The summed E-state index contributed by atoms with van der Waals surface area (Å²) >= 11 is 4.85. The maximum absolute atomic E-state index is 5.18. The first kappa shape index (κ1) is 9.20. The average Bonchev–Trinajstić information content (AvgIpc) is 2.16. The molecule has 1 aromatic carbocycles. The zero-order valence-corrected chi connectivity index (χ0v) is 8.15. The van der Waals surface area contributed by atoms with Gasteiger partial charge in [-0.15, -0.1) is 0 Å². The normalized spacial score (nSPS) is 9.50. The second-order valence-corrected chi connectivity index (χ2v) is 2.78. The molecule has 0 bridgehead atoms. The van der Waals surface area contributed by atoms with Crippen LogP contribution in [0.25, 0.3) is 0 Å². The number of benzene rings is 1. The molecule has 0 heterocycles. The van der Waals surface area contributed by atoms with Crippen LogP contribution in [0.3, 0.4) is 0 Å². The Labute approximate surface area is 78.4 Å². The Kier molecular flexibility index (Phi) is 3.23. The van der Waals surface area contributed by atoms with E-state index in [1.165, 1.54) is 5.56 Å². The van der Waals surface area contributed by atoms with Gasteiger partial charge in [-0.1, -0.05) is 31.3 Å². The molecule has 0 aliphatic carbocycles. The molecule has 0 atom stereocenters. The van der Waals surface area contributed by atoms with Gasteiger partial charge in [-0.3, -0.25) is 0 Å². The zero-order chi connectivity index (χ0) is 8.97. The van der Waals surface area contributed by atoms with Gasteiger partial charge in [-0.2, -0.15) is 0 Å². The molecule has 0 aromatic heterocycles. The Bertz CT molecular complexity index is 281. The lowest BCUT2D eigenvalue weighted by molar-refractivity contribution is 0.414. The van der Waals surface area contributed by atoms with Gasteiger partial charge in [0.15, 0.2) is 0 Å². The summed E-state index contributed by atoms with van der Waals surface area (Å²) in [6.45, 7) is 2.12. The Balaban J connectivity index is 3.10. The van der Waals surface area contributed by atoms with E-state index in [0.717, 1.165) is 17.7 Å². The minimum Gasteiger partial charge on any atom is -0.496 e. The van der Waals surface area contributed by atoms with Crippen LogP contribution in [0.5, 0.6) is 5.75 Å². The first-order chi connectivity index (χ1) is 5.81. The first-order valence-electron chi connectivity index (χ1n) is 3.94. The van der Waals surface area contributed by atoms with Crippen LogP contribution in [0.2, 0.25) is 0 Å². The van der Waals surface area contributed by atoms with Crippen molar-refractivity contribution in [2.45, 2.75) is 13.3 Å². The number of ether oxygens (including phenoxy) is 1. The number of aryl methyl sites for hydroxylation is 1. The van der Waals surface area contributed by atoms with Gasteiger partial charge in [0, 0.05) is 10.9 Å². The molecule has 0 N–H and O–H groups in total. The molecule has 1 aromatic rings. The largest absolute Gasteiger partial charge is 0.496 e. The highest BCUT2D eigenvalue weighted by atomic mass is 32.1. The van der Waals surface area contributed by atoms with E-state index < -0.39 is 0 Å². The monoisotopic (exact) mass is 180 g/mol. The summed E-state index contributed by atoms with van der Waals surface area (Å²) < 4.78 is 5.18. The van der Waals surface area contributed by atoms with Gasteiger partial charge >= 0.3 is 0 Å². The molecule has 2 heteroatoms. The molecule has 0 amide bonds. The molecule has 0 aliphatic heterocycles. The van der Waals surface area contributed by atoms with Crippen LogP contribution in [-0.2, 0) is 6.42 Å². The van der Waals surface area contributed by atoms with Crippen molar-refractivity contribution in [2.24, 2.45) is 0 Å². The topological polar surface area (TPSA) is 9.23 Å². The lowest BCUT2D eigenvalue weighted by Gasteiger charge is -2.05. The zero-order valence-electron chi connectivity index (χ0n) is 7.33. The van der Waals surface area contributed by atoms with Gasteiger partial charge in [0.2, 0.25) is 0 Å². The van der Waals surface area contributed by atoms with E-state index in [2.05, 4.69) is 13.0 Å². The quantitative estimate of drug-likeness (QED) is 0.661. The summed E-state index contributed by atoms with van der Waals surface area (Å²) in [6, 6.07) is 6.09. The molecule has 0 aliphatic rings. The number of methoxy groups -OCH3 is 1. The van der Waals surface area contributed by atoms with Crippen LogP contribution >= 0.6 is 12.2 Å². The highest BCUT2D eigenvalue weighted by Crippen LogP contribution is 2.18. The van der Waals surface area contributed by atoms with Crippen LogP contribution in [0, 0.1) is 0 Å². The van der Waals surface area contributed by atoms with Gasteiger partial charge in [0.25, 0.3) is 0 Å². The van der Waals surface area contributed by atoms with Crippen LogP contribution in [-0.4, -0.2) is 12.5 Å². The first-order valence-corrected chi connectivity index (χ1v) is 4.41. The Hall–Kier alpha value is -0.890. The fourth-order valence-corrected chi connectivity index (χ4v) is 1.27. The van der Waals surface area contributed by atoms with Crippen molar-refractivity contribution >= 4 is 17.6 Å². The summed E-state index contributed by atoms with van der Waals surface area (Å²) in [5, 5.41) is 1.64. The Morgan fingerprint density at radius 1 is 1.50 bits per heavy atom. The van der Waals surface area contributed by atoms with Crippen molar-refractivity contribution in [3.05, 3.63) is 29.3 Å². The molecule has 64 valence electrons. The van der Waals surface area contributed by atoms with Crippen LogP contribution in [0.4, 0.5) is 0 Å². The highest BCUT2D eigenvalue weighted by Gasteiger charge is 1.99. The van der Waals surface area contributed by atoms with Gasteiger partial charge in [-0.25, -0.2) is 0 Å². The predicted molar refractivity (Wildman–Crippen MR) is 55.1 cm³/mol. The van der Waals surface area contributed by atoms with Gasteiger partial charge < -0.3 is 4.74 Å². The van der Waals surface area contributed by atoms with E-state index in [1.807, 2.05) is 12.1 Å². The van der Waals surface area contributed by atoms with Crippen molar-refractivity contribution < 1.29 is 4.74 Å². The van der Waals surface area contributed by atoms with E-state index in [0.29, 0.717) is 0 Å². The molecular formula is C10H12OS. The standard InChI is InChI=1S/C10H12OS/c1-3-8-4-5-9(7-12)10(6-8)11-2/h4-7H,3H2,1-2H3. The van der Waals surface area contributed by atoms with Crippen LogP contribution < -0.4 is 4.74 Å². The SMILES string of the molecule is CCc1ccc(C=S)c(OC)c1. The van der Waals surface area contributed by atoms with Crippen molar-refractivity contribution in [1.29, 1.82) is 0 Å². The van der Waals surface area contributed by atoms with Crippen molar-refractivity contribution in [1.82, 2.24) is 0 Å². The van der Waals surface area contributed by atoms with Gasteiger partial charge in [0.1, 0.15) is 5.75 Å². The number of hydrogen-bond acceptors (Lipinski definition) is 2. The molecule has 1 nitrogen and oxygen atoms in total. The summed E-state index contributed by atoms with van der Waals surface area (Å²) in [7, 11) is 1.66. The summed E-state index contributed by atoms with van der Waals surface area (Å²) in [5.41, 5.74) is 2.25. The summed E-state index contributed by atoms with van der Waals surface area (Å²) in [4.78, 5) is 0. The van der Waals surface area contributed by atoms with E-state index in [1.54, 1.807) is 12.5 Å². The van der Waals surface area contributed by atoms with Crippen molar-refractivity contribution in [3.63, 3.8) is 0 Å². The fourth-order valence-electron chi connectivity index (χ4n) is 1.07. The minimum atomic E-state index is 0.865. The number of thiocarbonyl (C=S) groups is 1. The summed E-state index contributed by atoms with van der Waals surface area (Å²) in [6.07, 6.45) is 1.02. The van der Waals surface area contributed by atoms with Gasteiger partial charge in [0.05, 0.1) is 7.11 Å². The molecule has 0 saturated carbocycles. The lowest BCUT2D eigenvalue weighted by atomic mass is 10.1. The molecule has 0 unspecified atom stereocenters. The molecular weight excluding hydrogens is 168 g/mol. The highest BCUT2D eigenvalue weighted by molar-refractivity contribution is 7.79. The van der Waals surface area contributed by atoms with E-state index in [-0.39, 0.29) is 0 Å². The molecule has 0 radical (unpaired) electrons. The van der Waals surface area contributed by atoms with Gasteiger partial charge in [-0.05, 0) is 18.1 Å². The third kappa shape index (κ3) is 1.83. The lowest BCUT2D eigenvalue weighted by Crippen LogP contribution is -1.91. The fraction of sp³-hybridized carbons (Fsp3) is 0.300. The van der Waals surface area contributed by atoms with Crippen LogP contribution in [0.1, 0.15) is 18.1 Å². The van der Waals surface area contributed by atoms with Crippen molar-refractivity contribution in [2.75, 3.05) is 7.11 Å². The number of rotatable bonds is 3. The maximum Gasteiger partial charge on any atom is 0.127 e. The minimum absolute atomic E-state index is 0.865. The van der Waals surface area contributed by atoms with E-state index in [4.69, 9.17) is 17.0 Å².